The maximum atomic E-state index is 11.1. The predicted octanol–water partition coefficient (Wildman–Crippen LogP) is -8.27. The minimum Gasteiger partial charge on any atom is -0.394 e. The van der Waals surface area contributed by atoms with Crippen molar-refractivity contribution >= 4 is 23.6 Å². The second-order valence-electron chi connectivity index (χ2n) is 17.0. The summed E-state index contributed by atoms with van der Waals surface area (Å²) in [6.07, 6.45) is 1.81. The van der Waals surface area contributed by atoms with Crippen LogP contribution in [0.5, 0.6) is 0 Å². The van der Waals surface area contributed by atoms with Crippen molar-refractivity contribution in [2.45, 2.75) is 105 Å². The Kier molecular flexibility index (Phi) is 22.1. The number of aliphatic hydroxyl groups is 12. The standard InChI is InChI=1S/3C11H16N2O5.C11H14N2O5.CH3.H2/c4*12-10(17)6-2-1-3-13(4-6)11-9(16)8(15)7(5-14)18-11;;/h1,3-4,7-9,11,14-16H,2,5H2,(H2,12,17);1-2,4,7-9,11,14-16H,3,5H2,(H2,12,17);1-3,7-9,11,14-16H,4-5H2,(H2,12,17);1-4,7-9,11,14-16H,5H2,(H-,12,17);1H3;1H/q;;;;-1;/p+1/t4*7-,8+,9?,11-;;/m1111../s1. The number of nitrogens with zero attached hydrogens (tertiary/aromatic N) is 4. The molecule has 1 aromatic heterocycles. The summed E-state index contributed by atoms with van der Waals surface area (Å²) in [5.74, 6) is -2.27. The van der Waals surface area contributed by atoms with Crippen LogP contribution in [0, 0.1) is 7.43 Å². The number of carbonyl (C=O) groups is 4. The number of nitrogens with two attached hydrogens (primary N) is 4. The topological polar surface area (TPSA) is 466 Å². The highest BCUT2D eigenvalue weighted by atomic mass is 16.6. The molecule has 4 fully saturated rings. The summed E-state index contributed by atoms with van der Waals surface area (Å²) < 4.78 is 22.8. The highest BCUT2D eigenvalue weighted by molar-refractivity contribution is 5.95. The molecule has 7 aliphatic rings. The van der Waals surface area contributed by atoms with E-state index in [1.165, 1.54) is 34.1 Å². The molecule has 0 bridgehead atoms. The summed E-state index contributed by atoms with van der Waals surface area (Å²) in [6, 6.07) is 3.11. The van der Waals surface area contributed by atoms with E-state index in [0.29, 0.717) is 29.7 Å². The first-order chi connectivity index (χ1) is 34.2. The molecular formula is C45H68N8O20. The fraction of sp³-hybridized carbons (Fsp3) is 0.511. The zero-order valence-electron chi connectivity index (χ0n) is 39.4. The second-order valence-corrected chi connectivity index (χ2v) is 17.0. The first-order valence-electron chi connectivity index (χ1n) is 22.3. The average Bonchev–Trinajstić information content (AvgIpc) is 4.06. The van der Waals surface area contributed by atoms with Gasteiger partial charge in [-0.05, 0) is 18.6 Å². The van der Waals surface area contributed by atoms with Crippen LogP contribution in [0.4, 0.5) is 0 Å². The number of aliphatic hydroxyl groups excluding tert-OH is 12. The van der Waals surface area contributed by atoms with Crippen LogP contribution in [0.3, 0.4) is 0 Å². The largest absolute Gasteiger partial charge is 0.394 e. The zero-order chi connectivity index (χ0) is 53.1. The van der Waals surface area contributed by atoms with Gasteiger partial charge in [0.25, 0.3) is 12.1 Å². The molecule has 0 saturated carbocycles. The van der Waals surface area contributed by atoms with Gasteiger partial charge in [-0.2, -0.15) is 4.57 Å². The van der Waals surface area contributed by atoms with Crippen LogP contribution in [0.25, 0.3) is 0 Å². The maximum Gasteiger partial charge on any atom is 0.292 e. The first-order valence-corrected chi connectivity index (χ1v) is 22.3. The van der Waals surface area contributed by atoms with Crippen LogP contribution < -0.4 is 27.5 Å². The van der Waals surface area contributed by atoms with Crippen molar-refractivity contribution in [1.29, 1.82) is 0 Å². The predicted molar refractivity (Wildman–Crippen MR) is 249 cm³/mol. The number of ether oxygens (including phenoxy) is 4. The van der Waals surface area contributed by atoms with Gasteiger partial charge >= 0.3 is 0 Å². The number of pyridine rings is 1. The smallest absolute Gasteiger partial charge is 0.292 e. The molecule has 4 saturated heterocycles. The van der Waals surface area contributed by atoms with Crippen molar-refractivity contribution in [3.63, 3.8) is 0 Å². The third-order valence-electron chi connectivity index (χ3n) is 12.1. The monoisotopic (exact) mass is 1040 g/mol. The number of hydrogen-bond acceptors (Lipinski definition) is 23. The van der Waals surface area contributed by atoms with Gasteiger partial charge in [0.05, 0.1) is 38.5 Å². The van der Waals surface area contributed by atoms with Crippen LogP contribution in [0.1, 0.15) is 24.4 Å². The number of hydrogen-bond donors (Lipinski definition) is 16. The zero-order valence-corrected chi connectivity index (χ0v) is 39.4. The molecule has 28 heteroatoms. The highest BCUT2D eigenvalue weighted by Gasteiger charge is 2.49. The summed E-state index contributed by atoms with van der Waals surface area (Å²) in [6.45, 7) is -0.944. The van der Waals surface area contributed by atoms with Crippen molar-refractivity contribution < 1.29 is 105 Å². The van der Waals surface area contributed by atoms with E-state index >= 15 is 0 Å². The van der Waals surface area contributed by atoms with Crippen LogP contribution in [-0.2, 0) is 33.3 Å². The van der Waals surface area contributed by atoms with Gasteiger partial charge in [-0.15, -0.1) is 0 Å². The number of rotatable bonds is 12. The van der Waals surface area contributed by atoms with E-state index in [-0.39, 0.29) is 34.2 Å². The molecule has 20 N–H and O–H groups in total. The Bertz CT molecular complexity index is 2260. The Morgan fingerprint density at radius 3 is 1.60 bits per heavy atom. The number of amides is 4. The van der Waals surface area contributed by atoms with Crippen molar-refractivity contribution in [3.8, 4) is 0 Å². The van der Waals surface area contributed by atoms with Gasteiger partial charge in [0, 0.05) is 50.0 Å². The lowest BCUT2D eigenvalue weighted by atomic mass is 10.1. The SMILES string of the molecule is NC(=O)C1=CC=CN([C@@H]2O[C@H](CO)[C@H](O)C2O)C1.NC(=O)C1=CN([C@@H]2O[C@H](CO)[C@H](O)C2O)C=CC1.NC(=O)C1=CN([C@@H]2O[C@H](CO)[C@H](O)C2O)CC=C1.NC(=O)c1ccc[n+]([C@@H]2O[C@H](CO)[C@H](O)C2O)c1.[CH3-].[HH]. The lowest BCUT2D eigenvalue weighted by Gasteiger charge is -2.31. The number of carbonyl (C=O) groups excluding carboxylic acids is 4. The molecule has 0 aliphatic carbocycles. The van der Waals surface area contributed by atoms with Gasteiger partial charge in [-0.25, -0.2) is 0 Å². The van der Waals surface area contributed by atoms with Crippen molar-refractivity contribution in [1.82, 2.24) is 14.7 Å². The first kappa shape index (κ1) is 59.8. The summed E-state index contributed by atoms with van der Waals surface area (Å²) in [4.78, 5) is 48.9. The summed E-state index contributed by atoms with van der Waals surface area (Å²) in [5, 5.41) is 114. The van der Waals surface area contributed by atoms with Gasteiger partial charge in [-0.3, -0.25) is 19.2 Å². The van der Waals surface area contributed by atoms with Crippen LogP contribution >= 0.6 is 0 Å². The van der Waals surface area contributed by atoms with Crippen molar-refractivity contribution in [2.75, 3.05) is 39.5 Å². The minimum absolute atomic E-state index is 0. The fourth-order valence-corrected chi connectivity index (χ4v) is 8.06. The van der Waals surface area contributed by atoms with Crippen molar-refractivity contribution in [2.24, 2.45) is 22.9 Å². The molecule has 4 amide bonds. The third kappa shape index (κ3) is 14.3. The van der Waals surface area contributed by atoms with Crippen LogP contribution in [-0.4, -0.2) is 231 Å². The molecule has 0 aromatic carbocycles. The molecule has 0 spiro atoms. The summed E-state index contributed by atoms with van der Waals surface area (Å²) >= 11 is 0. The Hall–Kier alpha value is -5.77. The third-order valence-corrected chi connectivity index (χ3v) is 12.1. The van der Waals surface area contributed by atoms with Gasteiger partial charge in [-0.1, -0.05) is 24.3 Å². The minimum atomic E-state index is -1.18. The summed E-state index contributed by atoms with van der Waals surface area (Å²) in [5.41, 5.74) is 22.0. The Morgan fingerprint density at radius 2 is 1.11 bits per heavy atom. The van der Waals surface area contributed by atoms with Gasteiger partial charge in [0.1, 0.15) is 72.7 Å². The van der Waals surface area contributed by atoms with Gasteiger partial charge < -0.3 is 125 Å². The van der Waals surface area contributed by atoms with Crippen LogP contribution in [0.2, 0.25) is 0 Å². The highest BCUT2D eigenvalue weighted by Crippen LogP contribution is 2.29. The molecule has 8 heterocycles. The average molecular weight is 1040 g/mol. The van der Waals surface area contributed by atoms with E-state index in [9.17, 15) is 60.0 Å². The Balaban J connectivity index is 0.000000258. The van der Waals surface area contributed by atoms with E-state index in [1.54, 1.807) is 64.8 Å². The molecule has 1 aromatic rings. The van der Waals surface area contributed by atoms with E-state index < -0.39 is 135 Å². The van der Waals surface area contributed by atoms with Gasteiger partial charge in [0.15, 0.2) is 37.2 Å². The van der Waals surface area contributed by atoms with Gasteiger partial charge in [0.2, 0.25) is 17.7 Å². The lowest BCUT2D eigenvalue weighted by Crippen LogP contribution is -2.46. The van der Waals surface area contributed by atoms with E-state index in [2.05, 4.69) is 0 Å². The molecule has 8 rings (SSSR count). The normalized spacial score (nSPS) is 34.2. The number of allylic oxidation sites excluding steroid dienone is 3. The number of aromatic nitrogens is 1. The van der Waals surface area contributed by atoms with E-state index in [4.69, 9.17) is 62.3 Å². The lowest BCUT2D eigenvalue weighted by molar-refractivity contribution is -0.765. The fourth-order valence-electron chi connectivity index (χ4n) is 8.06. The second kappa shape index (κ2) is 27.0. The Labute approximate surface area is 419 Å². The molecule has 28 nitrogen and oxygen atoms in total. The Morgan fingerprint density at radius 1 is 0.603 bits per heavy atom. The summed E-state index contributed by atoms with van der Waals surface area (Å²) in [7, 11) is 0. The van der Waals surface area contributed by atoms with E-state index in [1.807, 2.05) is 0 Å². The quantitative estimate of drug-likeness (QED) is 0.0683. The molecule has 0 radical (unpaired) electrons. The van der Waals surface area contributed by atoms with E-state index in [0.717, 1.165) is 0 Å². The molecule has 16 atom stereocenters. The maximum absolute atomic E-state index is 11.1. The molecular weight excluding hydrogens is 973 g/mol. The molecule has 73 heavy (non-hydrogen) atoms. The molecule has 7 aliphatic heterocycles. The molecule has 408 valence electrons. The van der Waals surface area contributed by atoms with Crippen LogP contribution in [0.15, 0.2) is 96.4 Å². The van der Waals surface area contributed by atoms with Crippen molar-refractivity contribution in [3.05, 3.63) is 109 Å². The molecule has 4 unspecified atom stereocenters. The number of primary amides is 4.